The molecule has 102 valence electrons. The molecule has 1 aliphatic carbocycles. The van der Waals surface area contributed by atoms with Crippen LogP contribution in [0.2, 0.25) is 0 Å². The van der Waals surface area contributed by atoms with Crippen molar-refractivity contribution in [2.24, 2.45) is 5.16 Å². The summed E-state index contributed by atoms with van der Waals surface area (Å²) >= 11 is 0. The molecule has 0 heterocycles. The van der Waals surface area contributed by atoms with Gasteiger partial charge < -0.3 is 4.84 Å². The Balaban J connectivity index is 1.83. The van der Waals surface area contributed by atoms with Crippen LogP contribution in [0.1, 0.15) is 43.2 Å². The lowest BCUT2D eigenvalue weighted by molar-refractivity contribution is 0.130. The Morgan fingerprint density at radius 3 is 2.95 bits per heavy atom. The first-order valence-corrected chi connectivity index (χ1v) is 6.47. The highest BCUT2D eigenvalue weighted by atomic mass is 19.3. The van der Waals surface area contributed by atoms with Gasteiger partial charge in [-0.1, -0.05) is 29.4 Å². The minimum atomic E-state index is -2.45. The maximum atomic E-state index is 12.5. The van der Waals surface area contributed by atoms with Crippen molar-refractivity contribution in [3.63, 3.8) is 0 Å². The van der Waals surface area contributed by atoms with E-state index in [9.17, 15) is 8.78 Å². The van der Waals surface area contributed by atoms with Gasteiger partial charge in [-0.25, -0.2) is 8.78 Å². The summed E-state index contributed by atoms with van der Waals surface area (Å²) in [7, 11) is 0. The smallest absolute Gasteiger partial charge is 0.263 e. The van der Waals surface area contributed by atoms with Crippen molar-refractivity contribution in [3.8, 4) is 0 Å². The number of rotatable bonds is 5. The van der Waals surface area contributed by atoms with E-state index in [0.717, 1.165) is 12.8 Å². The molecule has 0 amide bonds. The number of nitrogens with zero attached hydrogens (tertiary/aromatic N) is 1. The summed E-state index contributed by atoms with van der Waals surface area (Å²) in [6.45, 7) is 0.213. The van der Waals surface area contributed by atoms with E-state index in [-0.39, 0.29) is 12.2 Å². The van der Waals surface area contributed by atoms with E-state index in [2.05, 4.69) is 11.2 Å². The van der Waals surface area contributed by atoms with Gasteiger partial charge in [0.1, 0.15) is 6.61 Å². The largest absolute Gasteiger partial charge is 0.391 e. The molecule has 0 aromatic heterocycles. The third kappa shape index (κ3) is 4.47. The molecule has 1 aromatic rings. The van der Waals surface area contributed by atoms with Gasteiger partial charge >= 0.3 is 0 Å². The molecule has 0 radical (unpaired) electrons. The van der Waals surface area contributed by atoms with E-state index in [4.69, 9.17) is 4.84 Å². The molecule has 0 unspecified atom stereocenters. The van der Waals surface area contributed by atoms with E-state index in [1.54, 1.807) is 18.3 Å². The Labute approximate surface area is 111 Å². The van der Waals surface area contributed by atoms with Crippen molar-refractivity contribution in [2.45, 2.75) is 38.7 Å². The topological polar surface area (TPSA) is 21.6 Å². The van der Waals surface area contributed by atoms with Gasteiger partial charge in [-0.05, 0) is 42.9 Å². The average molecular weight is 265 g/mol. The van der Waals surface area contributed by atoms with E-state index >= 15 is 0 Å². The fourth-order valence-corrected chi connectivity index (χ4v) is 2.02. The number of oxime groups is 1. The second-order valence-electron chi connectivity index (χ2n) is 4.58. The summed E-state index contributed by atoms with van der Waals surface area (Å²) in [5, 5.41) is 3.88. The first kappa shape index (κ1) is 13.7. The van der Waals surface area contributed by atoms with Crippen molar-refractivity contribution in [2.75, 3.05) is 0 Å². The number of benzene rings is 1. The molecule has 0 bridgehead atoms. The number of hydrogen-bond acceptors (Lipinski definition) is 2. The van der Waals surface area contributed by atoms with Crippen molar-refractivity contribution < 1.29 is 13.6 Å². The Hall–Kier alpha value is -1.71. The Morgan fingerprint density at radius 2 is 2.21 bits per heavy atom. The van der Waals surface area contributed by atoms with Gasteiger partial charge in [-0.3, -0.25) is 0 Å². The zero-order chi connectivity index (χ0) is 13.5. The molecule has 2 rings (SSSR count). The third-order valence-electron chi connectivity index (χ3n) is 3.05. The first-order chi connectivity index (χ1) is 9.25. The van der Waals surface area contributed by atoms with E-state index in [1.165, 1.54) is 30.5 Å². The quantitative estimate of drug-likeness (QED) is 0.562. The van der Waals surface area contributed by atoms with Gasteiger partial charge in [0.15, 0.2) is 0 Å². The molecule has 4 heteroatoms. The van der Waals surface area contributed by atoms with Gasteiger partial charge in [0.2, 0.25) is 0 Å². The fourth-order valence-electron chi connectivity index (χ4n) is 2.02. The van der Waals surface area contributed by atoms with Crippen LogP contribution in [0.3, 0.4) is 0 Å². The van der Waals surface area contributed by atoms with Gasteiger partial charge in [0.05, 0.1) is 6.21 Å². The van der Waals surface area contributed by atoms with E-state index in [1.807, 2.05) is 0 Å². The van der Waals surface area contributed by atoms with E-state index in [0.29, 0.717) is 5.56 Å². The summed E-state index contributed by atoms with van der Waals surface area (Å²) in [5.41, 5.74) is 1.90. The number of halogens is 2. The van der Waals surface area contributed by atoms with Gasteiger partial charge in [-0.2, -0.15) is 0 Å². The average Bonchev–Trinajstić information content (AvgIpc) is 2.45. The molecule has 19 heavy (non-hydrogen) atoms. The maximum Gasteiger partial charge on any atom is 0.263 e. The molecule has 1 aliphatic rings. The van der Waals surface area contributed by atoms with Crippen LogP contribution >= 0.6 is 0 Å². The lowest BCUT2D eigenvalue weighted by Crippen LogP contribution is -1.94. The lowest BCUT2D eigenvalue weighted by Gasteiger charge is -2.07. The van der Waals surface area contributed by atoms with Crippen molar-refractivity contribution >= 4 is 6.21 Å². The normalized spacial score (nSPS) is 15.8. The molecule has 0 saturated carbocycles. The van der Waals surface area contributed by atoms with Crippen LogP contribution in [0.15, 0.2) is 41.1 Å². The molecular weight excluding hydrogens is 248 g/mol. The fraction of sp³-hybridized carbons (Fsp3) is 0.400. The summed E-state index contributed by atoms with van der Waals surface area (Å²) in [6, 6.07) is 6.21. The molecular formula is C15H17F2NO. The Morgan fingerprint density at radius 1 is 1.32 bits per heavy atom. The minimum absolute atomic E-state index is 0.0140. The monoisotopic (exact) mass is 265 g/mol. The molecule has 1 aromatic carbocycles. The summed E-state index contributed by atoms with van der Waals surface area (Å²) in [4.78, 5) is 5.14. The van der Waals surface area contributed by atoms with E-state index < -0.39 is 6.43 Å². The zero-order valence-corrected chi connectivity index (χ0v) is 10.7. The molecule has 2 nitrogen and oxygen atoms in total. The third-order valence-corrected chi connectivity index (χ3v) is 3.05. The summed E-state index contributed by atoms with van der Waals surface area (Å²) in [5.74, 6) is 0. The molecule has 0 aliphatic heterocycles. The number of alkyl halides is 2. The van der Waals surface area contributed by atoms with Crippen LogP contribution in [0, 0.1) is 0 Å². The second kappa shape index (κ2) is 7.02. The highest BCUT2D eigenvalue weighted by molar-refractivity contribution is 5.78. The van der Waals surface area contributed by atoms with Crippen LogP contribution in [-0.4, -0.2) is 6.21 Å². The predicted molar refractivity (Wildman–Crippen MR) is 71.2 cm³/mol. The van der Waals surface area contributed by atoms with Crippen LogP contribution in [-0.2, 0) is 11.4 Å². The van der Waals surface area contributed by atoms with Crippen LogP contribution in [0.25, 0.3) is 0 Å². The SMILES string of the molecule is FC(F)c1cccc(CON=CC2=CCCCC2)c1. The van der Waals surface area contributed by atoms with Gasteiger partial charge in [-0.15, -0.1) is 0 Å². The van der Waals surface area contributed by atoms with Crippen molar-refractivity contribution in [3.05, 3.63) is 47.0 Å². The van der Waals surface area contributed by atoms with Crippen LogP contribution < -0.4 is 0 Å². The molecule has 0 saturated heterocycles. The minimum Gasteiger partial charge on any atom is -0.391 e. The molecule has 0 spiro atoms. The predicted octanol–water partition coefficient (Wildman–Crippen LogP) is 4.63. The Bertz CT molecular complexity index is 469. The number of hydrogen-bond donors (Lipinski definition) is 0. The molecule has 0 N–H and O–H groups in total. The molecule has 0 atom stereocenters. The van der Waals surface area contributed by atoms with Gasteiger partial charge in [0, 0.05) is 5.56 Å². The van der Waals surface area contributed by atoms with Crippen molar-refractivity contribution in [1.82, 2.24) is 0 Å². The number of allylic oxidation sites excluding steroid dienone is 2. The molecule has 0 fully saturated rings. The maximum absolute atomic E-state index is 12.5. The Kier molecular flexibility index (Phi) is 5.07. The first-order valence-electron chi connectivity index (χ1n) is 6.47. The lowest BCUT2D eigenvalue weighted by atomic mass is 10.0. The highest BCUT2D eigenvalue weighted by Gasteiger charge is 2.07. The highest BCUT2D eigenvalue weighted by Crippen LogP contribution is 2.20. The zero-order valence-electron chi connectivity index (χ0n) is 10.7. The van der Waals surface area contributed by atoms with Gasteiger partial charge in [0.25, 0.3) is 6.43 Å². The van der Waals surface area contributed by atoms with Crippen molar-refractivity contribution in [1.29, 1.82) is 0 Å². The summed E-state index contributed by atoms with van der Waals surface area (Å²) < 4.78 is 25.0. The summed E-state index contributed by atoms with van der Waals surface area (Å²) in [6.07, 6.45) is 5.98. The second-order valence-corrected chi connectivity index (χ2v) is 4.58. The van der Waals surface area contributed by atoms with Crippen LogP contribution in [0.4, 0.5) is 8.78 Å². The van der Waals surface area contributed by atoms with Crippen LogP contribution in [0.5, 0.6) is 0 Å². The standard InChI is InChI=1S/C15H17F2NO/c16-15(17)14-8-4-7-13(9-14)11-19-18-10-12-5-2-1-3-6-12/h4-5,7-10,15H,1-3,6,11H2.